The van der Waals surface area contributed by atoms with E-state index in [1.165, 1.54) is 11.1 Å². The van der Waals surface area contributed by atoms with Crippen LogP contribution in [-0.4, -0.2) is 0 Å². The molecule has 1 heteroatoms. The number of nitrogen functional groups attached to an aromatic ring is 1. The first-order valence-corrected chi connectivity index (χ1v) is 6.29. The number of benzene rings is 1. The van der Waals surface area contributed by atoms with E-state index in [-0.39, 0.29) is 0 Å². The van der Waals surface area contributed by atoms with Crippen LogP contribution in [0.2, 0.25) is 0 Å². The fourth-order valence-electron chi connectivity index (χ4n) is 1.73. The molecule has 1 rings (SSSR count). The zero-order chi connectivity index (χ0) is 12.8. The maximum absolute atomic E-state index is 5.80. The van der Waals surface area contributed by atoms with Crippen LogP contribution >= 0.6 is 0 Å². The third kappa shape index (κ3) is 5.20. The first-order chi connectivity index (χ1) is 7.42. The minimum absolute atomic E-state index is 0.331. The summed E-state index contributed by atoms with van der Waals surface area (Å²) in [5.41, 5.74) is 9.84. The van der Waals surface area contributed by atoms with Gasteiger partial charge in [-0.3, -0.25) is 0 Å². The van der Waals surface area contributed by atoms with Crippen LogP contribution < -0.4 is 5.73 Å². The van der Waals surface area contributed by atoms with E-state index >= 15 is 0 Å². The van der Waals surface area contributed by atoms with Crippen LogP contribution in [0.4, 0.5) is 5.69 Å². The van der Waals surface area contributed by atoms with E-state index in [1.54, 1.807) is 0 Å². The Morgan fingerprint density at radius 3 is 2.06 bits per heavy atom. The zero-order valence-electron chi connectivity index (χ0n) is 11.7. The van der Waals surface area contributed by atoms with Gasteiger partial charge < -0.3 is 5.73 Å². The Hall–Kier alpha value is -0.980. The van der Waals surface area contributed by atoms with Gasteiger partial charge in [-0.2, -0.15) is 0 Å². The summed E-state index contributed by atoms with van der Waals surface area (Å²) in [7, 11) is 0. The number of aryl methyl sites for hydroxylation is 1. The smallest absolute Gasteiger partial charge is 0.0316 e. The van der Waals surface area contributed by atoms with Crippen molar-refractivity contribution < 1.29 is 0 Å². The predicted octanol–water partition coefficient (Wildman–Crippen LogP) is 4.45. The zero-order valence-corrected chi connectivity index (χ0v) is 11.7. The van der Waals surface area contributed by atoms with Crippen LogP contribution in [0.15, 0.2) is 18.2 Å². The molecule has 0 heterocycles. The van der Waals surface area contributed by atoms with E-state index in [2.05, 4.69) is 39.8 Å². The SMILES string of the molecule is CC.CCc1ccc(N)cc1CC(C)(C)C. The molecule has 0 bridgehead atoms. The summed E-state index contributed by atoms with van der Waals surface area (Å²) in [5, 5.41) is 0. The first-order valence-electron chi connectivity index (χ1n) is 6.29. The van der Waals surface area contributed by atoms with E-state index < -0.39 is 0 Å². The summed E-state index contributed by atoms with van der Waals surface area (Å²) in [5.74, 6) is 0. The van der Waals surface area contributed by atoms with Gasteiger partial charge in [0.05, 0.1) is 0 Å². The van der Waals surface area contributed by atoms with E-state index in [4.69, 9.17) is 5.73 Å². The standard InChI is InChI=1S/C13H21N.C2H6/c1-5-10-6-7-12(14)8-11(10)9-13(2,3)4;1-2/h6-8H,5,9,14H2,1-4H3;1-2H3. The molecule has 16 heavy (non-hydrogen) atoms. The summed E-state index contributed by atoms with van der Waals surface area (Å²) in [6.07, 6.45) is 2.19. The molecule has 0 atom stereocenters. The quantitative estimate of drug-likeness (QED) is 0.734. The van der Waals surface area contributed by atoms with Gasteiger partial charge in [-0.15, -0.1) is 0 Å². The van der Waals surface area contributed by atoms with Gasteiger partial charge in [0, 0.05) is 5.69 Å². The average molecular weight is 221 g/mol. The minimum atomic E-state index is 0.331. The highest BCUT2D eigenvalue weighted by atomic mass is 14.5. The van der Waals surface area contributed by atoms with Crippen LogP contribution in [0, 0.1) is 5.41 Å². The van der Waals surface area contributed by atoms with Crippen molar-refractivity contribution in [3.05, 3.63) is 29.3 Å². The summed E-state index contributed by atoms with van der Waals surface area (Å²) in [6, 6.07) is 6.26. The lowest BCUT2D eigenvalue weighted by Gasteiger charge is -2.20. The first kappa shape index (κ1) is 15.0. The normalized spacial score (nSPS) is 10.6. The summed E-state index contributed by atoms with van der Waals surface area (Å²) in [4.78, 5) is 0. The molecule has 92 valence electrons. The molecular weight excluding hydrogens is 194 g/mol. The molecule has 0 spiro atoms. The number of anilines is 1. The number of rotatable bonds is 2. The second kappa shape index (κ2) is 6.57. The Bertz CT molecular complexity index is 308. The molecule has 0 saturated heterocycles. The fourth-order valence-corrected chi connectivity index (χ4v) is 1.73. The lowest BCUT2D eigenvalue weighted by atomic mass is 9.85. The third-order valence-corrected chi connectivity index (χ3v) is 2.33. The lowest BCUT2D eigenvalue weighted by Crippen LogP contribution is -2.11. The van der Waals surface area contributed by atoms with Gasteiger partial charge in [-0.25, -0.2) is 0 Å². The molecule has 0 aliphatic carbocycles. The highest BCUT2D eigenvalue weighted by Crippen LogP contribution is 2.24. The van der Waals surface area contributed by atoms with Crippen LogP contribution in [0.1, 0.15) is 52.7 Å². The predicted molar refractivity (Wildman–Crippen MR) is 74.7 cm³/mol. The van der Waals surface area contributed by atoms with Gasteiger partial charge in [0.1, 0.15) is 0 Å². The second-order valence-electron chi connectivity index (χ2n) is 5.12. The van der Waals surface area contributed by atoms with Crippen LogP contribution in [0.25, 0.3) is 0 Å². The van der Waals surface area contributed by atoms with Crippen molar-refractivity contribution in [3.63, 3.8) is 0 Å². The van der Waals surface area contributed by atoms with E-state index in [1.807, 2.05) is 19.9 Å². The number of hydrogen-bond acceptors (Lipinski definition) is 1. The molecule has 0 aliphatic heterocycles. The molecule has 0 radical (unpaired) electrons. The molecule has 0 unspecified atom stereocenters. The largest absolute Gasteiger partial charge is 0.399 e. The van der Waals surface area contributed by atoms with Crippen molar-refractivity contribution in [3.8, 4) is 0 Å². The van der Waals surface area contributed by atoms with Crippen molar-refractivity contribution in [1.82, 2.24) is 0 Å². The van der Waals surface area contributed by atoms with Crippen LogP contribution in [-0.2, 0) is 12.8 Å². The van der Waals surface area contributed by atoms with Crippen LogP contribution in [0.5, 0.6) is 0 Å². The van der Waals surface area contributed by atoms with Gasteiger partial charge in [0.2, 0.25) is 0 Å². The fraction of sp³-hybridized carbons (Fsp3) is 0.600. The van der Waals surface area contributed by atoms with Gasteiger partial charge in [0.15, 0.2) is 0 Å². The van der Waals surface area contributed by atoms with Crippen LogP contribution in [0.3, 0.4) is 0 Å². The third-order valence-electron chi connectivity index (χ3n) is 2.33. The van der Waals surface area contributed by atoms with Gasteiger partial charge in [-0.1, -0.05) is 47.6 Å². The molecule has 1 aromatic rings. The highest BCUT2D eigenvalue weighted by Gasteiger charge is 2.13. The molecule has 2 N–H and O–H groups in total. The Balaban J connectivity index is 0.00000106. The summed E-state index contributed by atoms with van der Waals surface area (Å²) >= 11 is 0. The van der Waals surface area contributed by atoms with E-state index in [0.29, 0.717) is 5.41 Å². The van der Waals surface area contributed by atoms with Crippen molar-refractivity contribution in [2.75, 3.05) is 5.73 Å². The molecule has 1 aromatic carbocycles. The molecular formula is C15H27N. The molecule has 0 amide bonds. The van der Waals surface area contributed by atoms with Crippen molar-refractivity contribution >= 4 is 5.69 Å². The Labute approximate surface area is 101 Å². The number of nitrogens with two attached hydrogens (primary N) is 1. The molecule has 0 aromatic heterocycles. The highest BCUT2D eigenvalue weighted by molar-refractivity contribution is 5.45. The lowest BCUT2D eigenvalue weighted by molar-refractivity contribution is 0.410. The maximum atomic E-state index is 5.80. The van der Waals surface area contributed by atoms with Gasteiger partial charge in [-0.05, 0) is 41.5 Å². The average Bonchev–Trinajstić information content (AvgIpc) is 2.19. The van der Waals surface area contributed by atoms with Crippen molar-refractivity contribution in [2.45, 2.75) is 54.4 Å². The number of hydrogen-bond donors (Lipinski definition) is 1. The van der Waals surface area contributed by atoms with Gasteiger partial charge in [0.25, 0.3) is 0 Å². The molecule has 1 nitrogen and oxygen atoms in total. The minimum Gasteiger partial charge on any atom is -0.399 e. The van der Waals surface area contributed by atoms with E-state index in [9.17, 15) is 0 Å². The Morgan fingerprint density at radius 2 is 1.62 bits per heavy atom. The topological polar surface area (TPSA) is 26.0 Å². The summed E-state index contributed by atoms with van der Waals surface area (Å²) in [6.45, 7) is 13.0. The summed E-state index contributed by atoms with van der Waals surface area (Å²) < 4.78 is 0. The Morgan fingerprint density at radius 1 is 1.06 bits per heavy atom. The Kier molecular flexibility index (Phi) is 6.17. The second-order valence-corrected chi connectivity index (χ2v) is 5.12. The maximum Gasteiger partial charge on any atom is 0.0316 e. The molecule has 0 aliphatic rings. The van der Waals surface area contributed by atoms with Crippen molar-refractivity contribution in [1.29, 1.82) is 0 Å². The van der Waals surface area contributed by atoms with Crippen molar-refractivity contribution in [2.24, 2.45) is 5.41 Å². The monoisotopic (exact) mass is 221 g/mol. The molecule has 0 saturated carbocycles. The molecule has 0 fully saturated rings. The van der Waals surface area contributed by atoms with E-state index in [0.717, 1.165) is 18.5 Å². The van der Waals surface area contributed by atoms with Gasteiger partial charge >= 0.3 is 0 Å².